The minimum atomic E-state index is 0.0515. The third kappa shape index (κ3) is 4.08. The lowest BCUT2D eigenvalue weighted by Gasteiger charge is -2.28. The number of ether oxygens (including phenoxy) is 1. The molecule has 3 aliphatic rings. The summed E-state index contributed by atoms with van der Waals surface area (Å²) in [6.07, 6.45) is 5.43. The van der Waals surface area contributed by atoms with Gasteiger partial charge in [0.25, 0.3) is 0 Å². The second-order valence-electron chi connectivity index (χ2n) is 9.35. The van der Waals surface area contributed by atoms with Gasteiger partial charge in [0.15, 0.2) is 5.82 Å². The first-order chi connectivity index (χ1) is 17.0. The van der Waals surface area contributed by atoms with Crippen LogP contribution in [0.3, 0.4) is 0 Å². The van der Waals surface area contributed by atoms with Crippen molar-refractivity contribution in [3.63, 3.8) is 0 Å². The van der Waals surface area contributed by atoms with Crippen LogP contribution in [0, 0.1) is 11.3 Å². The molecule has 2 aromatic rings. The van der Waals surface area contributed by atoms with Gasteiger partial charge < -0.3 is 20.3 Å². The largest absolute Gasteiger partial charge is 0.404 e. The first-order valence-electron chi connectivity index (χ1n) is 12.1. The molecule has 0 saturated carbocycles. The van der Waals surface area contributed by atoms with Crippen LogP contribution >= 0.6 is 0 Å². The van der Waals surface area contributed by atoms with E-state index >= 15 is 0 Å². The highest BCUT2D eigenvalue weighted by Gasteiger charge is 2.37. The van der Waals surface area contributed by atoms with Crippen LogP contribution in [0.2, 0.25) is 0 Å². The molecule has 9 nitrogen and oxygen atoms in total. The van der Waals surface area contributed by atoms with Crippen molar-refractivity contribution < 1.29 is 9.53 Å². The van der Waals surface area contributed by atoms with E-state index in [2.05, 4.69) is 32.8 Å². The molecule has 0 radical (unpaired) electrons. The fourth-order valence-electron chi connectivity index (χ4n) is 5.49. The van der Waals surface area contributed by atoms with Crippen molar-refractivity contribution in [3.05, 3.63) is 46.8 Å². The molecule has 0 spiro atoms. The zero-order valence-electron chi connectivity index (χ0n) is 20.3. The molecule has 1 saturated heterocycles. The van der Waals surface area contributed by atoms with E-state index in [1.165, 1.54) is 5.69 Å². The summed E-state index contributed by atoms with van der Waals surface area (Å²) in [5, 5.41) is 14.7. The SMILES string of the molecule is CN=CC(=CN)c1ccc2c(c1)C(CC#N)CN2c1nn(C2CCOC2)c2c1CN(C(C)=O)CC2. The van der Waals surface area contributed by atoms with Crippen molar-refractivity contribution in [1.82, 2.24) is 14.7 Å². The fourth-order valence-corrected chi connectivity index (χ4v) is 5.49. The average Bonchev–Trinajstić information content (AvgIpc) is 3.60. The number of fused-ring (bicyclic) bond motifs is 2. The summed E-state index contributed by atoms with van der Waals surface area (Å²) >= 11 is 0. The average molecular weight is 474 g/mol. The third-order valence-corrected chi connectivity index (χ3v) is 7.30. The molecule has 3 aliphatic heterocycles. The number of carbonyl (C=O) groups is 1. The number of aliphatic imine (C=N–C) groups is 1. The quantitative estimate of drug-likeness (QED) is 0.668. The Bertz CT molecular complexity index is 1230. The van der Waals surface area contributed by atoms with Gasteiger partial charge in [-0.2, -0.15) is 10.4 Å². The summed E-state index contributed by atoms with van der Waals surface area (Å²) < 4.78 is 7.81. The number of nitrogens with two attached hydrogens (primary N) is 1. The first kappa shape index (κ1) is 23.1. The molecule has 2 N–H and O–H groups in total. The molecular weight excluding hydrogens is 442 g/mol. The van der Waals surface area contributed by atoms with E-state index in [9.17, 15) is 10.1 Å². The Morgan fingerprint density at radius 1 is 1.43 bits per heavy atom. The monoisotopic (exact) mass is 473 g/mol. The van der Waals surface area contributed by atoms with E-state index in [4.69, 9.17) is 15.6 Å². The molecule has 5 rings (SSSR count). The highest BCUT2D eigenvalue weighted by molar-refractivity contribution is 6.09. The number of amides is 1. The van der Waals surface area contributed by atoms with Crippen molar-refractivity contribution in [2.75, 3.05) is 38.3 Å². The summed E-state index contributed by atoms with van der Waals surface area (Å²) in [6, 6.07) is 8.82. The number of hydrogen-bond donors (Lipinski definition) is 1. The molecule has 1 aromatic heterocycles. The number of hydrogen-bond acceptors (Lipinski definition) is 7. The third-order valence-electron chi connectivity index (χ3n) is 7.30. The minimum absolute atomic E-state index is 0.0515. The number of benzene rings is 1. The van der Waals surface area contributed by atoms with E-state index in [-0.39, 0.29) is 17.9 Å². The zero-order chi connectivity index (χ0) is 24.5. The topological polar surface area (TPSA) is 113 Å². The molecule has 1 fully saturated rings. The van der Waals surface area contributed by atoms with Gasteiger partial charge in [0.05, 0.1) is 25.3 Å². The van der Waals surface area contributed by atoms with Crippen LogP contribution in [0.4, 0.5) is 11.5 Å². The van der Waals surface area contributed by atoms with Crippen molar-refractivity contribution >= 4 is 29.2 Å². The van der Waals surface area contributed by atoms with Gasteiger partial charge in [0, 0.05) is 87.4 Å². The molecule has 0 bridgehead atoms. The minimum Gasteiger partial charge on any atom is -0.404 e. The number of nitriles is 1. The molecule has 1 aromatic carbocycles. The van der Waals surface area contributed by atoms with E-state index in [1.54, 1.807) is 26.4 Å². The van der Waals surface area contributed by atoms with Crippen molar-refractivity contribution in [3.8, 4) is 6.07 Å². The number of aromatic nitrogens is 2. The Labute approximate surface area is 205 Å². The maximum atomic E-state index is 12.2. The van der Waals surface area contributed by atoms with Gasteiger partial charge >= 0.3 is 0 Å². The molecule has 2 unspecified atom stereocenters. The summed E-state index contributed by atoms with van der Waals surface area (Å²) in [7, 11) is 1.72. The summed E-state index contributed by atoms with van der Waals surface area (Å²) in [6.45, 7) is 4.94. The molecule has 0 aliphatic carbocycles. The van der Waals surface area contributed by atoms with E-state index < -0.39 is 0 Å². The van der Waals surface area contributed by atoms with Crippen LogP contribution in [0.25, 0.3) is 5.57 Å². The van der Waals surface area contributed by atoms with Crippen molar-refractivity contribution in [2.45, 2.75) is 44.7 Å². The Balaban J connectivity index is 1.60. The zero-order valence-corrected chi connectivity index (χ0v) is 20.3. The van der Waals surface area contributed by atoms with Gasteiger partial charge in [-0.1, -0.05) is 6.07 Å². The van der Waals surface area contributed by atoms with Crippen LogP contribution in [-0.2, 0) is 22.5 Å². The molecule has 1 amide bonds. The maximum Gasteiger partial charge on any atom is 0.219 e. The Morgan fingerprint density at radius 2 is 2.29 bits per heavy atom. The highest BCUT2D eigenvalue weighted by Crippen LogP contribution is 2.45. The van der Waals surface area contributed by atoms with E-state index in [0.717, 1.165) is 53.2 Å². The lowest BCUT2D eigenvalue weighted by molar-refractivity contribution is -0.129. The van der Waals surface area contributed by atoms with Gasteiger partial charge in [-0.3, -0.25) is 14.5 Å². The van der Waals surface area contributed by atoms with Crippen LogP contribution in [0.1, 0.15) is 54.1 Å². The first-order valence-corrected chi connectivity index (χ1v) is 12.1. The Hall–Kier alpha value is -3.64. The number of allylic oxidation sites excluding steroid dienone is 1. The van der Waals surface area contributed by atoms with Gasteiger partial charge in [-0.15, -0.1) is 0 Å². The lowest BCUT2D eigenvalue weighted by atomic mass is 9.95. The fraction of sp³-hybridized carbons (Fsp3) is 0.462. The predicted octanol–water partition coefficient (Wildman–Crippen LogP) is 2.90. The van der Waals surface area contributed by atoms with Gasteiger partial charge in [-0.05, 0) is 29.7 Å². The number of anilines is 2. The molecule has 182 valence electrons. The smallest absolute Gasteiger partial charge is 0.219 e. The molecule has 2 atom stereocenters. The van der Waals surface area contributed by atoms with Crippen LogP contribution in [0.5, 0.6) is 0 Å². The van der Waals surface area contributed by atoms with Crippen LogP contribution in [0.15, 0.2) is 29.4 Å². The standard InChI is InChI=1S/C26H31N7O2/c1-17(34)31-9-6-25-23(15-31)26(30-33(25)21-7-10-35-16-21)32-14-19(5-8-27)22-11-18(3-4-24(22)32)20(12-28)13-29-2/h3-4,11-13,19,21H,5-7,9-10,14-16,28H2,1-2H3. The van der Waals surface area contributed by atoms with E-state index in [1.807, 2.05) is 11.0 Å². The van der Waals surface area contributed by atoms with Gasteiger partial charge in [-0.25, -0.2) is 0 Å². The molecule has 9 heteroatoms. The van der Waals surface area contributed by atoms with Gasteiger partial charge in [0.1, 0.15) is 0 Å². The second kappa shape index (κ2) is 9.55. The lowest BCUT2D eigenvalue weighted by Crippen LogP contribution is -2.35. The van der Waals surface area contributed by atoms with Gasteiger partial charge in [0.2, 0.25) is 5.91 Å². The molecular formula is C26H31N7O2. The van der Waals surface area contributed by atoms with Crippen LogP contribution in [-0.4, -0.2) is 60.2 Å². The Morgan fingerprint density at radius 3 is 2.97 bits per heavy atom. The Kier molecular flexibility index (Phi) is 6.31. The molecule has 4 heterocycles. The number of nitrogens with zero attached hydrogens (tertiary/aromatic N) is 6. The van der Waals surface area contributed by atoms with Crippen molar-refractivity contribution in [2.24, 2.45) is 10.7 Å². The molecule has 35 heavy (non-hydrogen) atoms. The van der Waals surface area contributed by atoms with Crippen LogP contribution < -0.4 is 10.6 Å². The van der Waals surface area contributed by atoms with E-state index in [0.29, 0.717) is 32.7 Å². The number of carbonyl (C=O) groups excluding carboxylic acids is 1. The summed E-state index contributed by atoms with van der Waals surface area (Å²) in [5.41, 5.74) is 12.1. The number of rotatable bonds is 5. The predicted molar refractivity (Wildman–Crippen MR) is 134 cm³/mol. The maximum absolute atomic E-state index is 12.2. The second-order valence-corrected chi connectivity index (χ2v) is 9.35. The summed E-state index contributed by atoms with van der Waals surface area (Å²) in [4.78, 5) is 20.5. The van der Waals surface area contributed by atoms with Crippen molar-refractivity contribution in [1.29, 1.82) is 5.26 Å². The normalized spacial score (nSPS) is 21.9. The summed E-state index contributed by atoms with van der Waals surface area (Å²) in [5.74, 6) is 1.01. The highest BCUT2D eigenvalue weighted by atomic mass is 16.5.